The predicted octanol–water partition coefficient (Wildman–Crippen LogP) is 2.77. The van der Waals surface area contributed by atoms with Crippen LogP contribution in [0.5, 0.6) is 0 Å². The molecule has 1 aromatic carbocycles. The maximum absolute atomic E-state index is 10.3. The van der Waals surface area contributed by atoms with Crippen molar-refractivity contribution < 1.29 is 5.11 Å². The molecule has 0 aromatic heterocycles. The molecule has 2 rings (SSSR count). The molecule has 1 fully saturated rings. The molecule has 0 aliphatic carbocycles. The van der Waals surface area contributed by atoms with Gasteiger partial charge in [0, 0.05) is 10.2 Å². The Hall–Kier alpha value is 0.01000. The molecule has 1 aliphatic rings. The Kier molecular flexibility index (Phi) is 2.67. The van der Waals surface area contributed by atoms with E-state index >= 15 is 0 Å². The number of hydrogen-bond donors (Lipinski definition) is 1. The molecule has 1 N–H and O–H groups in total. The van der Waals surface area contributed by atoms with E-state index in [2.05, 4.69) is 15.9 Å². The molecule has 70 valence electrons. The predicted molar refractivity (Wildman–Crippen MR) is 60.0 cm³/mol. The van der Waals surface area contributed by atoms with E-state index in [0.717, 1.165) is 28.0 Å². The van der Waals surface area contributed by atoms with Gasteiger partial charge in [0.25, 0.3) is 0 Å². The second kappa shape index (κ2) is 3.64. The highest BCUT2D eigenvalue weighted by Gasteiger charge is 2.34. The van der Waals surface area contributed by atoms with Gasteiger partial charge in [-0.1, -0.05) is 34.1 Å². The van der Waals surface area contributed by atoms with Gasteiger partial charge in [-0.15, -0.1) is 0 Å². The topological polar surface area (TPSA) is 20.2 Å². The van der Waals surface area contributed by atoms with Crippen molar-refractivity contribution in [2.24, 2.45) is 0 Å². The first-order valence-electron chi connectivity index (χ1n) is 4.27. The van der Waals surface area contributed by atoms with E-state index in [1.807, 2.05) is 36.0 Å². The van der Waals surface area contributed by atoms with Crippen LogP contribution in [0.2, 0.25) is 0 Å². The Balaban J connectivity index is 2.39. The Morgan fingerprint density at radius 3 is 2.77 bits per heavy atom. The minimum Gasteiger partial charge on any atom is -0.384 e. The number of benzene rings is 1. The maximum Gasteiger partial charge on any atom is 0.100 e. The van der Waals surface area contributed by atoms with Crippen LogP contribution in [0.3, 0.4) is 0 Å². The zero-order valence-electron chi connectivity index (χ0n) is 7.16. The minimum absolute atomic E-state index is 0.606. The van der Waals surface area contributed by atoms with Crippen LogP contribution in [-0.4, -0.2) is 16.6 Å². The molecular formula is C10H11BrOS. The molecule has 3 heteroatoms. The molecule has 1 aromatic rings. The van der Waals surface area contributed by atoms with Gasteiger partial charge in [-0.05, 0) is 23.8 Å². The molecule has 0 amide bonds. The summed E-state index contributed by atoms with van der Waals surface area (Å²) in [4.78, 5) is 0. The summed E-state index contributed by atoms with van der Waals surface area (Å²) in [6.45, 7) is 0. The van der Waals surface area contributed by atoms with Crippen LogP contribution >= 0.6 is 27.7 Å². The highest BCUT2D eigenvalue weighted by atomic mass is 79.9. The Morgan fingerprint density at radius 1 is 1.38 bits per heavy atom. The standard InChI is InChI=1S/C10H11BrOS/c11-9-4-2-1-3-8(9)10(12)5-6-13-7-10/h1-4,12H,5-7H2. The molecule has 0 bridgehead atoms. The summed E-state index contributed by atoms with van der Waals surface area (Å²) in [7, 11) is 0. The minimum atomic E-state index is -0.606. The quantitative estimate of drug-likeness (QED) is 0.836. The van der Waals surface area contributed by atoms with Crippen LogP contribution < -0.4 is 0 Å². The lowest BCUT2D eigenvalue weighted by molar-refractivity contribution is 0.0650. The molecule has 1 saturated heterocycles. The molecule has 1 unspecified atom stereocenters. The largest absolute Gasteiger partial charge is 0.384 e. The molecule has 13 heavy (non-hydrogen) atoms. The van der Waals surface area contributed by atoms with E-state index in [0.29, 0.717) is 0 Å². The molecule has 1 nitrogen and oxygen atoms in total. The first kappa shape index (κ1) is 9.56. The summed E-state index contributed by atoms with van der Waals surface area (Å²) >= 11 is 5.29. The van der Waals surface area contributed by atoms with Crippen LogP contribution in [0, 0.1) is 0 Å². The van der Waals surface area contributed by atoms with E-state index < -0.39 is 5.60 Å². The molecule has 1 aliphatic heterocycles. The fourth-order valence-corrected chi connectivity index (χ4v) is 3.52. The lowest BCUT2D eigenvalue weighted by Crippen LogP contribution is -2.25. The fourth-order valence-electron chi connectivity index (χ4n) is 1.61. The Labute approximate surface area is 90.7 Å². The second-order valence-corrected chi connectivity index (χ2v) is 5.27. The van der Waals surface area contributed by atoms with Crippen LogP contribution in [-0.2, 0) is 5.60 Å². The number of aliphatic hydroxyl groups is 1. The molecule has 1 heterocycles. The molecule has 1 atom stereocenters. The first-order chi connectivity index (χ1) is 6.22. The zero-order valence-corrected chi connectivity index (χ0v) is 9.57. The van der Waals surface area contributed by atoms with Gasteiger partial charge in [0.2, 0.25) is 0 Å². The van der Waals surface area contributed by atoms with Crippen molar-refractivity contribution >= 4 is 27.7 Å². The van der Waals surface area contributed by atoms with Gasteiger partial charge in [0.1, 0.15) is 5.60 Å². The summed E-state index contributed by atoms with van der Waals surface area (Å²) in [6.07, 6.45) is 0.861. The van der Waals surface area contributed by atoms with Gasteiger partial charge in [0.05, 0.1) is 0 Å². The van der Waals surface area contributed by atoms with Gasteiger partial charge < -0.3 is 5.11 Å². The van der Waals surface area contributed by atoms with E-state index in [1.165, 1.54) is 0 Å². The van der Waals surface area contributed by atoms with E-state index in [9.17, 15) is 5.11 Å². The van der Waals surface area contributed by atoms with Crippen molar-refractivity contribution in [2.45, 2.75) is 12.0 Å². The highest BCUT2D eigenvalue weighted by molar-refractivity contribution is 9.10. The average molecular weight is 259 g/mol. The normalized spacial score (nSPS) is 27.8. The van der Waals surface area contributed by atoms with Crippen LogP contribution in [0.4, 0.5) is 0 Å². The third-order valence-corrected chi connectivity index (χ3v) is 4.24. The number of halogens is 1. The van der Waals surface area contributed by atoms with Gasteiger partial charge in [-0.3, -0.25) is 0 Å². The van der Waals surface area contributed by atoms with Gasteiger partial charge in [0.15, 0.2) is 0 Å². The third-order valence-electron chi connectivity index (χ3n) is 2.38. The smallest absolute Gasteiger partial charge is 0.100 e. The maximum atomic E-state index is 10.3. The number of rotatable bonds is 1. The molecular weight excluding hydrogens is 248 g/mol. The SMILES string of the molecule is OC1(c2ccccc2Br)CCSC1. The second-order valence-electron chi connectivity index (χ2n) is 3.31. The number of hydrogen-bond acceptors (Lipinski definition) is 2. The lowest BCUT2D eigenvalue weighted by Gasteiger charge is -2.22. The van der Waals surface area contributed by atoms with Gasteiger partial charge >= 0.3 is 0 Å². The van der Waals surface area contributed by atoms with Crippen molar-refractivity contribution in [1.29, 1.82) is 0 Å². The van der Waals surface area contributed by atoms with Crippen molar-refractivity contribution in [1.82, 2.24) is 0 Å². The monoisotopic (exact) mass is 258 g/mol. The summed E-state index contributed by atoms with van der Waals surface area (Å²) < 4.78 is 1.01. The summed E-state index contributed by atoms with van der Waals surface area (Å²) in [6, 6.07) is 7.92. The summed E-state index contributed by atoms with van der Waals surface area (Å²) in [5, 5.41) is 10.3. The van der Waals surface area contributed by atoms with E-state index in [-0.39, 0.29) is 0 Å². The van der Waals surface area contributed by atoms with Crippen molar-refractivity contribution in [3.63, 3.8) is 0 Å². The van der Waals surface area contributed by atoms with Crippen LogP contribution in [0.25, 0.3) is 0 Å². The zero-order chi connectivity index (χ0) is 9.31. The fraction of sp³-hybridized carbons (Fsp3) is 0.400. The van der Waals surface area contributed by atoms with Crippen molar-refractivity contribution in [3.05, 3.63) is 34.3 Å². The molecule has 0 radical (unpaired) electrons. The summed E-state index contributed by atoms with van der Waals surface area (Å²) in [5.41, 5.74) is 0.421. The van der Waals surface area contributed by atoms with E-state index in [4.69, 9.17) is 0 Å². The average Bonchev–Trinajstić information content (AvgIpc) is 2.54. The van der Waals surface area contributed by atoms with Crippen LogP contribution in [0.1, 0.15) is 12.0 Å². The van der Waals surface area contributed by atoms with Crippen molar-refractivity contribution in [3.8, 4) is 0 Å². The van der Waals surface area contributed by atoms with E-state index in [1.54, 1.807) is 0 Å². The summed E-state index contributed by atoms with van der Waals surface area (Å²) in [5.74, 6) is 1.87. The van der Waals surface area contributed by atoms with Gasteiger partial charge in [-0.25, -0.2) is 0 Å². The third kappa shape index (κ3) is 1.78. The molecule has 0 saturated carbocycles. The lowest BCUT2D eigenvalue weighted by atomic mass is 9.94. The van der Waals surface area contributed by atoms with Gasteiger partial charge in [-0.2, -0.15) is 11.8 Å². The molecule has 0 spiro atoms. The first-order valence-corrected chi connectivity index (χ1v) is 6.22. The van der Waals surface area contributed by atoms with Crippen molar-refractivity contribution in [2.75, 3.05) is 11.5 Å². The Morgan fingerprint density at radius 2 is 2.15 bits per heavy atom. The number of thioether (sulfide) groups is 1. The highest BCUT2D eigenvalue weighted by Crippen LogP contribution is 2.39. The van der Waals surface area contributed by atoms with Crippen LogP contribution in [0.15, 0.2) is 28.7 Å². The Bertz CT molecular complexity index is 308.